The standard InChI is InChI=1S/C13H14N2O5.2C2H6/c1-14-13(18)10-4-3-7-15(8-10)9-20-12(17)6-5-11(16)19-2;2*1-2/h3-8H,9H2,1-2H3;2*1-2H3/p+1/b6-5+;;. The van der Waals surface area contributed by atoms with E-state index in [0.29, 0.717) is 5.56 Å². The minimum atomic E-state index is -0.687. The Morgan fingerprint density at radius 3 is 2.25 bits per heavy atom. The summed E-state index contributed by atoms with van der Waals surface area (Å²) in [7, 11) is 2.73. The van der Waals surface area contributed by atoms with Crippen molar-refractivity contribution in [2.75, 3.05) is 14.2 Å². The zero-order chi connectivity index (χ0) is 19.0. The van der Waals surface area contributed by atoms with Gasteiger partial charge in [-0.2, -0.15) is 4.57 Å². The number of methoxy groups -OCH3 is 1. The first-order valence-corrected chi connectivity index (χ1v) is 7.70. The number of nitrogens with zero attached hydrogens (tertiary/aromatic N) is 1. The van der Waals surface area contributed by atoms with Gasteiger partial charge in [-0.3, -0.25) is 4.79 Å². The molecule has 0 spiro atoms. The number of nitrogens with one attached hydrogen (secondary N) is 1. The molecule has 1 amide bonds. The lowest BCUT2D eigenvalue weighted by Gasteiger charge is -2.00. The van der Waals surface area contributed by atoms with Crippen molar-refractivity contribution < 1.29 is 28.4 Å². The Bertz CT molecular complexity index is 542. The van der Waals surface area contributed by atoms with Crippen LogP contribution in [0.3, 0.4) is 0 Å². The molecule has 1 rings (SSSR count). The number of pyridine rings is 1. The SMILES string of the molecule is CC.CC.CNC(=O)c1ccc[n+](COC(=O)/C=C/C(=O)OC)c1. The lowest BCUT2D eigenvalue weighted by atomic mass is 10.3. The maximum atomic E-state index is 11.4. The van der Waals surface area contributed by atoms with Crippen LogP contribution in [0, 0.1) is 0 Å². The Balaban J connectivity index is 0. The minimum Gasteiger partial charge on any atom is -0.466 e. The summed E-state index contributed by atoms with van der Waals surface area (Å²) in [6.07, 6.45) is 5.11. The summed E-state index contributed by atoms with van der Waals surface area (Å²) in [6.45, 7) is 7.93. The zero-order valence-electron chi connectivity index (χ0n) is 15.2. The van der Waals surface area contributed by atoms with Crippen molar-refractivity contribution in [2.45, 2.75) is 34.4 Å². The van der Waals surface area contributed by atoms with Gasteiger partial charge < -0.3 is 14.8 Å². The quantitative estimate of drug-likeness (QED) is 0.500. The van der Waals surface area contributed by atoms with E-state index in [2.05, 4.69) is 10.1 Å². The van der Waals surface area contributed by atoms with Gasteiger partial charge in [0, 0.05) is 25.3 Å². The van der Waals surface area contributed by atoms with E-state index < -0.39 is 11.9 Å². The number of hydrogen-bond acceptors (Lipinski definition) is 5. The Hall–Kier alpha value is -2.70. The number of aromatic nitrogens is 1. The molecule has 0 saturated carbocycles. The zero-order valence-corrected chi connectivity index (χ0v) is 15.2. The Morgan fingerprint density at radius 1 is 1.12 bits per heavy atom. The molecule has 0 aliphatic carbocycles. The highest BCUT2D eigenvalue weighted by Gasteiger charge is 2.10. The van der Waals surface area contributed by atoms with Gasteiger partial charge in [-0.15, -0.1) is 0 Å². The molecule has 1 aromatic rings. The summed E-state index contributed by atoms with van der Waals surface area (Å²) in [5, 5.41) is 2.49. The topological polar surface area (TPSA) is 85.6 Å². The van der Waals surface area contributed by atoms with E-state index in [1.54, 1.807) is 18.3 Å². The number of carbonyl (C=O) groups is 3. The fraction of sp³-hybridized carbons (Fsp3) is 0.412. The minimum absolute atomic E-state index is 0.0742. The van der Waals surface area contributed by atoms with Crippen molar-refractivity contribution in [3.05, 3.63) is 42.2 Å². The van der Waals surface area contributed by atoms with Crippen LogP contribution in [-0.4, -0.2) is 32.0 Å². The summed E-state index contributed by atoms with van der Waals surface area (Å²) < 4.78 is 10.7. The molecule has 0 fully saturated rings. The molecule has 0 radical (unpaired) electrons. The summed E-state index contributed by atoms with van der Waals surface area (Å²) in [6, 6.07) is 3.29. The van der Waals surface area contributed by atoms with E-state index in [-0.39, 0.29) is 12.6 Å². The van der Waals surface area contributed by atoms with Crippen molar-refractivity contribution >= 4 is 17.8 Å². The van der Waals surface area contributed by atoms with E-state index in [1.807, 2.05) is 27.7 Å². The van der Waals surface area contributed by atoms with Crippen LogP contribution in [0.2, 0.25) is 0 Å². The van der Waals surface area contributed by atoms with Crippen molar-refractivity contribution in [3.8, 4) is 0 Å². The number of esters is 2. The molecular formula is C17H27N2O5+. The normalized spacial score (nSPS) is 8.92. The predicted octanol–water partition coefficient (Wildman–Crippen LogP) is 1.62. The molecule has 7 nitrogen and oxygen atoms in total. The van der Waals surface area contributed by atoms with Crippen LogP contribution in [0.4, 0.5) is 0 Å². The van der Waals surface area contributed by atoms with Crippen LogP contribution >= 0.6 is 0 Å². The van der Waals surface area contributed by atoms with Gasteiger partial charge in [0.1, 0.15) is 5.56 Å². The molecule has 134 valence electrons. The third-order valence-corrected chi connectivity index (χ3v) is 2.26. The molecule has 1 heterocycles. The fourth-order valence-electron chi connectivity index (χ4n) is 1.27. The first-order valence-electron chi connectivity index (χ1n) is 7.70. The molecule has 1 N–H and O–H groups in total. The second kappa shape index (κ2) is 15.2. The van der Waals surface area contributed by atoms with Crippen LogP contribution in [0.25, 0.3) is 0 Å². The second-order valence-electron chi connectivity index (χ2n) is 3.63. The van der Waals surface area contributed by atoms with Gasteiger partial charge >= 0.3 is 11.9 Å². The molecule has 7 heteroatoms. The Labute approximate surface area is 143 Å². The number of hydrogen-bond donors (Lipinski definition) is 1. The molecule has 0 atom stereocenters. The van der Waals surface area contributed by atoms with Gasteiger partial charge in [0.15, 0.2) is 12.4 Å². The fourth-order valence-corrected chi connectivity index (χ4v) is 1.27. The molecule has 1 aromatic heterocycles. The van der Waals surface area contributed by atoms with Gasteiger partial charge in [0.2, 0.25) is 0 Å². The average Bonchev–Trinajstić information content (AvgIpc) is 2.67. The molecule has 0 unspecified atom stereocenters. The highest BCUT2D eigenvalue weighted by Crippen LogP contribution is 1.94. The molecule has 0 aromatic carbocycles. The van der Waals surface area contributed by atoms with E-state index in [0.717, 1.165) is 12.2 Å². The van der Waals surface area contributed by atoms with E-state index in [4.69, 9.17) is 4.74 Å². The van der Waals surface area contributed by atoms with Gasteiger partial charge in [-0.25, -0.2) is 9.59 Å². The number of rotatable bonds is 5. The van der Waals surface area contributed by atoms with Crippen LogP contribution in [0.1, 0.15) is 38.1 Å². The lowest BCUT2D eigenvalue weighted by Crippen LogP contribution is -2.37. The first-order chi connectivity index (χ1) is 11.6. The van der Waals surface area contributed by atoms with Crippen molar-refractivity contribution in [1.29, 1.82) is 0 Å². The van der Waals surface area contributed by atoms with Crippen LogP contribution < -0.4 is 9.88 Å². The highest BCUT2D eigenvalue weighted by atomic mass is 16.5. The second-order valence-corrected chi connectivity index (χ2v) is 3.63. The average molecular weight is 339 g/mol. The van der Waals surface area contributed by atoms with Crippen LogP contribution in [0.5, 0.6) is 0 Å². The van der Waals surface area contributed by atoms with Gasteiger partial charge in [-0.05, 0) is 6.07 Å². The summed E-state index contributed by atoms with van der Waals surface area (Å²) in [4.78, 5) is 33.5. The molecule has 0 bridgehead atoms. The molecule has 0 aliphatic heterocycles. The third-order valence-electron chi connectivity index (χ3n) is 2.26. The van der Waals surface area contributed by atoms with Crippen LogP contribution in [-0.2, 0) is 25.8 Å². The van der Waals surface area contributed by atoms with Crippen molar-refractivity contribution in [3.63, 3.8) is 0 Å². The largest absolute Gasteiger partial charge is 0.466 e. The van der Waals surface area contributed by atoms with Gasteiger partial charge in [0.25, 0.3) is 12.6 Å². The van der Waals surface area contributed by atoms with Crippen molar-refractivity contribution in [2.24, 2.45) is 0 Å². The summed E-state index contributed by atoms with van der Waals surface area (Å²) in [5.74, 6) is -1.57. The van der Waals surface area contributed by atoms with Gasteiger partial charge in [-0.1, -0.05) is 27.7 Å². The smallest absolute Gasteiger partial charge is 0.335 e. The molecule has 24 heavy (non-hydrogen) atoms. The maximum Gasteiger partial charge on any atom is 0.335 e. The van der Waals surface area contributed by atoms with E-state index >= 15 is 0 Å². The number of amides is 1. The van der Waals surface area contributed by atoms with Gasteiger partial charge in [0.05, 0.1) is 7.11 Å². The van der Waals surface area contributed by atoms with E-state index in [1.165, 1.54) is 24.9 Å². The summed E-state index contributed by atoms with van der Waals surface area (Å²) >= 11 is 0. The highest BCUT2D eigenvalue weighted by molar-refractivity contribution is 5.93. The molecule has 0 saturated heterocycles. The third kappa shape index (κ3) is 10.1. The number of carbonyl (C=O) groups excluding carboxylic acids is 3. The lowest BCUT2D eigenvalue weighted by molar-refractivity contribution is -0.727. The van der Waals surface area contributed by atoms with Crippen molar-refractivity contribution in [1.82, 2.24) is 5.32 Å². The molecule has 0 aliphatic rings. The first kappa shape index (κ1) is 23.6. The Kier molecular flexibility index (Phi) is 14.9. The van der Waals surface area contributed by atoms with E-state index in [9.17, 15) is 14.4 Å². The van der Waals surface area contributed by atoms with Crippen LogP contribution in [0.15, 0.2) is 36.7 Å². The monoisotopic (exact) mass is 339 g/mol. The maximum absolute atomic E-state index is 11.4. The Morgan fingerprint density at radius 2 is 1.71 bits per heavy atom. The summed E-state index contributed by atoms with van der Waals surface area (Å²) in [5.41, 5.74) is 0.441. The predicted molar refractivity (Wildman–Crippen MR) is 90.0 cm³/mol. The molecular weight excluding hydrogens is 312 g/mol. The number of ether oxygens (including phenoxy) is 2.